The second-order valence-electron chi connectivity index (χ2n) is 4.09. The van der Waals surface area contributed by atoms with Gasteiger partial charge in [0, 0.05) is 6.20 Å². The van der Waals surface area contributed by atoms with Crippen molar-refractivity contribution in [3.05, 3.63) is 57.8 Å². The number of pyridine rings is 1. The summed E-state index contributed by atoms with van der Waals surface area (Å²) < 4.78 is 10.9. The Bertz CT molecular complexity index is 655. The fraction of sp³-hybridized carbons (Fsp3) is 0.133. The van der Waals surface area contributed by atoms with Gasteiger partial charge in [0.05, 0.1) is 28.4 Å². The maximum absolute atomic E-state index is 11.3. The molecule has 0 unspecified atom stereocenters. The van der Waals surface area contributed by atoms with E-state index >= 15 is 0 Å². The standard InChI is InChI=1S/C15H12BrNO4/c1-20-15(19)10-5-6-12(17-7-10)9-21-14-11(8-18)3-2-4-13(14)16/h2-8H,9H2,1H3. The van der Waals surface area contributed by atoms with Gasteiger partial charge in [-0.3, -0.25) is 9.78 Å². The summed E-state index contributed by atoms with van der Waals surface area (Å²) in [6.07, 6.45) is 2.15. The molecule has 0 bridgehead atoms. The number of nitrogens with zero attached hydrogens (tertiary/aromatic N) is 1. The average molecular weight is 350 g/mol. The average Bonchev–Trinajstić information content (AvgIpc) is 2.53. The molecule has 1 aromatic heterocycles. The molecule has 0 aliphatic heterocycles. The molecule has 0 amide bonds. The van der Waals surface area contributed by atoms with E-state index in [9.17, 15) is 9.59 Å². The third-order valence-corrected chi connectivity index (χ3v) is 3.36. The minimum Gasteiger partial charge on any atom is -0.485 e. The number of carbonyl (C=O) groups excluding carboxylic acids is 2. The van der Waals surface area contributed by atoms with Crippen molar-refractivity contribution in [2.24, 2.45) is 0 Å². The van der Waals surface area contributed by atoms with Crippen LogP contribution in [0.15, 0.2) is 41.0 Å². The zero-order valence-electron chi connectivity index (χ0n) is 11.2. The Morgan fingerprint density at radius 1 is 1.33 bits per heavy atom. The predicted molar refractivity (Wildman–Crippen MR) is 79.4 cm³/mol. The van der Waals surface area contributed by atoms with Crippen LogP contribution in [0.5, 0.6) is 5.75 Å². The Hall–Kier alpha value is -2.21. The fourth-order valence-corrected chi connectivity index (χ4v) is 2.16. The van der Waals surface area contributed by atoms with Gasteiger partial charge < -0.3 is 9.47 Å². The summed E-state index contributed by atoms with van der Waals surface area (Å²) in [4.78, 5) is 26.4. The number of para-hydroxylation sites is 1. The first kappa shape index (κ1) is 15.2. The molecule has 21 heavy (non-hydrogen) atoms. The number of ether oxygens (including phenoxy) is 2. The molecule has 108 valence electrons. The van der Waals surface area contributed by atoms with E-state index in [4.69, 9.17) is 4.74 Å². The van der Waals surface area contributed by atoms with Crippen molar-refractivity contribution in [3.63, 3.8) is 0 Å². The molecule has 0 atom stereocenters. The van der Waals surface area contributed by atoms with Crippen molar-refractivity contribution in [2.45, 2.75) is 6.61 Å². The summed E-state index contributed by atoms with van der Waals surface area (Å²) in [6.45, 7) is 0.185. The molecule has 0 saturated heterocycles. The van der Waals surface area contributed by atoms with Gasteiger partial charge in [0.2, 0.25) is 0 Å². The number of carbonyl (C=O) groups is 2. The summed E-state index contributed by atoms with van der Waals surface area (Å²) in [5.41, 5.74) is 1.46. The number of methoxy groups -OCH3 is 1. The lowest BCUT2D eigenvalue weighted by Crippen LogP contribution is -2.05. The molecule has 2 aromatic rings. The number of rotatable bonds is 5. The zero-order chi connectivity index (χ0) is 15.2. The molecule has 5 nitrogen and oxygen atoms in total. The number of hydrogen-bond donors (Lipinski definition) is 0. The number of benzene rings is 1. The minimum atomic E-state index is -0.441. The summed E-state index contributed by atoms with van der Waals surface area (Å²) in [5, 5.41) is 0. The number of aromatic nitrogens is 1. The second kappa shape index (κ2) is 6.99. The van der Waals surface area contributed by atoms with Crippen molar-refractivity contribution < 1.29 is 19.1 Å². The number of esters is 1. The number of aldehydes is 1. The summed E-state index contributed by atoms with van der Waals surface area (Å²) in [6, 6.07) is 8.49. The topological polar surface area (TPSA) is 65.5 Å². The van der Waals surface area contributed by atoms with E-state index in [1.165, 1.54) is 13.3 Å². The lowest BCUT2D eigenvalue weighted by molar-refractivity contribution is 0.0600. The van der Waals surface area contributed by atoms with Crippen LogP contribution < -0.4 is 4.74 Å². The van der Waals surface area contributed by atoms with Gasteiger partial charge in [0.1, 0.15) is 12.4 Å². The van der Waals surface area contributed by atoms with Gasteiger partial charge in [-0.05, 0) is 40.2 Å². The Balaban J connectivity index is 2.10. The first-order valence-corrected chi connectivity index (χ1v) is 6.84. The van der Waals surface area contributed by atoms with Crippen LogP contribution in [0.2, 0.25) is 0 Å². The monoisotopic (exact) mass is 349 g/mol. The van der Waals surface area contributed by atoms with Gasteiger partial charge in [-0.25, -0.2) is 4.79 Å². The van der Waals surface area contributed by atoms with E-state index in [0.717, 1.165) is 6.29 Å². The summed E-state index contributed by atoms with van der Waals surface area (Å²) >= 11 is 3.34. The first-order valence-electron chi connectivity index (χ1n) is 6.05. The SMILES string of the molecule is COC(=O)c1ccc(COc2c(Br)cccc2C=O)nc1. The summed E-state index contributed by atoms with van der Waals surface area (Å²) in [7, 11) is 1.31. The van der Waals surface area contributed by atoms with Crippen molar-refractivity contribution in [1.82, 2.24) is 4.98 Å². The van der Waals surface area contributed by atoms with Crippen LogP contribution >= 0.6 is 15.9 Å². The van der Waals surface area contributed by atoms with Crippen molar-refractivity contribution in [1.29, 1.82) is 0 Å². The third kappa shape index (κ3) is 3.66. The molecule has 6 heteroatoms. The smallest absolute Gasteiger partial charge is 0.339 e. The fourth-order valence-electron chi connectivity index (χ4n) is 1.67. The number of hydrogen-bond acceptors (Lipinski definition) is 5. The normalized spacial score (nSPS) is 10.0. The van der Waals surface area contributed by atoms with Crippen LogP contribution in [0, 0.1) is 0 Å². The highest BCUT2D eigenvalue weighted by atomic mass is 79.9. The van der Waals surface area contributed by atoms with Crippen molar-refractivity contribution in [3.8, 4) is 5.75 Å². The quantitative estimate of drug-likeness (QED) is 0.613. The van der Waals surface area contributed by atoms with E-state index in [1.54, 1.807) is 30.3 Å². The van der Waals surface area contributed by atoms with E-state index < -0.39 is 5.97 Å². The Labute approximate surface area is 130 Å². The molecule has 0 spiro atoms. The van der Waals surface area contributed by atoms with Gasteiger partial charge in [-0.1, -0.05) is 6.07 Å². The minimum absolute atomic E-state index is 0.185. The van der Waals surface area contributed by atoms with Gasteiger partial charge in [0.15, 0.2) is 6.29 Å². The second-order valence-corrected chi connectivity index (χ2v) is 4.95. The van der Waals surface area contributed by atoms with Gasteiger partial charge in [-0.15, -0.1) is 0 Å². The van der Waals surface area contributed by atoms with Crippen LogP contribution in [-0.4, -0.2) is 24.3 Å². The van der Waals surface area contributed by atoms with Crippen LogP contribution in [-0.2, 0) is 11.3 Å². The molecular formula is C15H12BrNO4. The molecule has 2 rings (SSSR count). The van der Waals surface area contributed by atoms with Gasteiger partial charge in [-0.2, -0.15) is 0 Å². The third-order valence-electron chi connectivity index (χ3n) is 2.73. The molecule has 0 saturated carbocycles. The molecular weight excluding hydrogens is 338 g/mol. The van der Waals surface area contributed by atoms with Crippen molar-refractivity contribution in [2.75, 3.05) is 7.11 Å². The number of halogens is 1. The Morgan fingerprint density at radius 2 is 2.14 bits per heavy atom. The molecule has 1 aromatic carbocycles. The summed E-state index contributed by atoms with van der Waals surface area (Å²) in [5.74, 6) is 0.0235. The lowest BCUT2D eigenvalue weighted by atomic mass is 10.2. The first-order chi connectivity index (χ1) is 10.2. The maximum atomic E-state index is 11.3. The van der Waals surface area contributed by atoms with Crippen LogP contribution in [0.4, 0.5) is 0 Å². The van der Waals surface area contributed by atoms with Crippen LogP contribution in [0.3, 0.4) is 0 Å². The molecule has 1 heterocycles. The molecule has 0 aliphatic carbocycles. The van der Waals surface area contributed by atoms with Crippen LogP contribution in [0.1, 0.15) is 26.4 Å². The lowest BCUT2D eigenvalue weighted by Gasteiger charge is -2.10. The maximum Gasteiger partial charge on any atom is 0.339 e. The highest BCUT2D eigenvalue weighted by molar-refractivity contribution is 9.10. The van der Waals surface area contributed by atoms with Crippen LogP contribution in [0.25, 0.3) is 0 Å². The highest BCUT2D eigenvalue weighted by Crippen LogP contribution is 2.28. The van der Waals surface area contributed by atoms with E-state index in [1.807, 2.05) is 0 Å². The Kier molecular flexibility index (Phi) is 5.05. The van der Waals surface area contributed by atoms with Gasteiger partial charge >= 0.3 is 5.97 Å². The van der Waals surface area contributed by atoms with E-state index in [-0.39, 0.29) is 6.61 Å². The van der Waals surface area contributed by atoms with Crippen molar-refractivity contribution >= 4 is 28.2 Å². The van der Waals surface area contributed by atoms with E-state index in [2.05, 4.69) is 25.7 Å². The largest absolute Gasteiger partial charge is 0.485 e. The molecule has 0 radical (unpaired) electrons. The molecule has 0 aliphatic rings. The van der Waals surface area contributed by atoms with Gasteiger partial charge in [0.25, 0.3) is 0 Å². The van der Waals surface area contributed by atoms with E-state index in [0.29, 0.717) is 27.0 Å². The predicted octanol–water partition coefficient (Wildman–Crippen LogP) is 3.02. The Morgan fingerprint density at radius 3 is 2.76 bits per heavy atom. The molecule has 0 fully saturated rings. The zero-order valence-corrected chi connectivity index (χ0v) is 12.8. The molecule has 0 N–H and O–H groups in total. The highest BCUT2D eigenvalue weighted by Gasteiger charge is 2.09.